The Morgan fingerprint density at radius 1 is 1.00 bits per heavy atom. The normalized spacial score (nSPS) is 14.7. The largest absolute Gasteiger partial charge is 0.322 e. The van der Waals surface area contributed by atoms with E-state index >= 15 is 0 Å². The van der Waals surface area contributed by atoms with Crippen molar-refractivity contribution in [1.82, 2.24) is 9.97 Å². The standard InChI is InChI=1S/C23H17ClN4O3S/c24-19-14-17(28-11-12-32(28,30)31)6-7-18(19)23(29)26-16-4-1-3-15(13-16)20-8-9-21-22(27-20)5-2-10-25-21/h1-10,13-14H,11-12H2,(H,26,29). The number of pyridine rings is 2. The predicted octanol–water partition coefficient (Wildman–Crippen LogP) is 4.35. The summed E-state index contributed by atoms with van der Waals surface area (Å²) in [6.07, 6.45) is 1.72. The summed E-state index contributed by atoms with van der Waals surface area (Å²) in [5.74, 6) is -0.271. The summed E-state index contributed by atoms with van der Waals surface area (Å²) in [7, 11) is -3.25. The van der Waals surface area contributed by atoms with Gasteiger partial charge in [-0.1, -0.05) is 23.7 Å². The Balaban J connectivity index is 1.38. The zero-order chi connectivity index (χ0) is 22.3. The molecule has 1 N–H and O–H groups in total. The second-order valence-corrected chi connectivity index (χ2v) is 9.75. The zero-order valence-electron chi connectivity index (χ0n) is 16.7. The second-order valence-electron chi connectivity index (χ2n) is 7.33. The van der Waals surface area contributed by atoms with Gasteiger partial charge >= 0.3 is 0 Å². The van der Waals surface area contributed by atoms with E-state index in [1.54, 1.807) is 18.3 Å². The van der Waals surface area contributed by atoms with Gasteiger partial charge in [0.05, 0.1) is 38.8 Å². The van der Waals surface area contributed by atoms with Gasteiger partial charge in [0.2, 0.25) is 10.0 Å². The first-order chi connectivity index (χ1) is 15.4. The van der Waals surface area contributed by atoms with Crippen LogP contribution in [0.25, 0.3) is 22.3 Å². The maximum Gasteiger partial charge on any atom is 0.257 e. The first kappa shape index (κ1) is 20.4. The van der Waals surface area contributed by atoms with Gasteiger partial charge in [0.15, 0.2) is 0 Å². The lowest BCUT2D eigenvalue weighted by Gasteiger charge is -2.32. The van der Waals surface area contributed by atoms with E-state index in [9.17, 15) is 13.2 Å². The molecular weight excluding hydrogens is 448 g/mol. The van der Waals surface area contributed by atoms with Gasteiger partial charge in [-0.2, -0.15) is 0 Å². The highest BCUT2D eigenvalue weighted by Gasteiger charge is 2.33. The number of halogens is 1. The smallest absolute Gasteiger partial charge is 0.257 e. The number of fused-ring (bicyclic) bond motifs is 1. The van der Waals surface area contributed by atoms with E-state index in [0.717, 1.165) is 22.3 Å². The van der Waals surface area contributed by atoms with Crippen molar-refractivity contribution in [3.8, 4) is 11.3 Å². The van der Waals surface area contributed by atoms with Crippen LogP contribution in [-0.2, 0) is 10.0 Å². The van der Waals surface area contributed by atoms with Crippen molar-refractivity contribution in [2.45, 2.75) is 0 Å². The van der Waals surface area contributed by atoms with Crippen LogP contribution in [0.3, 0.4) is 0 Å². The molecule has 3 heterocycles. The lowest BCUT2D eigenvalue weighted by atomic mass is 10.1. The Labute approximate surface area is 189 Å². The Hall–Kier alpha value is -3.49. The van der Waals surface area contributed by atoms with E-state index in [0.29, 0.717) is 17.9 Å². The minimum atomic E-state index is -3.25. The molecule has 0 bridgehead atoms. The number of aromatic nitrogens is 2. The molecule has 0 atom stereocenters. The topological polar surface area (TPSA) is 92.3 Å². The van der Waals surface area contributed by atoms with Gasteiger partial charge in [-0.25, -0.2) is 13.4 Å². The third kappa shape index (κ3) is 3.79. The lowest BCUT2D eigenvalue weighted by Crippen LogP contribution is -2.47. The Morgan fingerprint density at radius 3 is 2.62 bits per heavy atom. The molecule has 4 aromatic rings. The van der Waals surface area contributed by atoms with Crippen LogP contribution in [0, 0.1) is 0 Å². The molecule has 1 saturated heterocycles. The molecule has 7 nitrogen and oxygen atoms in total. The van der Waals surface area contributed by atoms with E-state index in [4.69, 9.17) is 11.6 Å². The average molecular weight is 465 g/mol. The molecule has 2 aromatic heterocycles. The van der Waals surface area contributed by atoms with Crippen LogP contribution in [-0.4, -0.2) is 36.6 Å². The number of amides is 1. The minimum Gasteiger partial charge on any atom is -0.322 e. The molecule has 0 aliphatic carbocycles. The number of nitrogens with zero attached hydrogens (tertiary/aromatic N) is 3. The highest BCUT2D eigenvalue weighted by Crippen LogP contribution is 2.30. The molecule has 1 amide bonds. The number of sulfonamides is 1. The van der Waals surface area contributed by atoms with Crippen LogP contribution < -0.4 is 9.62 Å². The van der Waals surface area contributed by atoms with Gasteiger partial charge in [0, 0.05) is 24.0 Å². The van der Waals surface area contributed by atoms with Crippen molar-refractivity contribution >= 4 is 49.9 Å². The number of hydrogen-bond donors (Lipinski definition) is 1. The summed E-state index contributed by atoms with van der Waals surface area (Å²) in [6.45, 7) is 0.413. The van der Waals surface area contributed by atoms with E-state index in [1.165, 1.54) is 16.4 Å². The SMILES string of the molecule is O=C(Nc1cccc(-c2ccc3ncccc3n2)c1)c1ccc(N2CCS2(=O)=O)cc1Cl. The quantitative estimate of drug-likeness (QED) is 0.484. The molecule has 160 valence electrons. The van der Waals surface area contributed by atoms with Crippen molar-refractivity contribution in [3.63, 3.8) is 0 Å². The van der Waals surface area contributed by atoms with Gasteiger partial charge in [0.1, 0.15) is 0 Å². The highest BCUT2D eigenvalue weighted by molar-refractivity contribution is 7.94. The molecular formula is C23H17ClN4O3S. The highest BCUT2D eigenvalue weighted by atomic mass is 35.5. The third-order valence-electron chi connectivity index (χ3n) is 5.25. The van der Waals surface area contributed by atoms with E-state index < -0.39 is 10.0 Å². The van der Waals surface area contributed by atoms with Crippen molar-refractivity contribution < 1.29 is 13.2 Å². The van der Waals surface area contributed by atoms with Crippen LogP contribution in [0.15, 0.2) is 72.9 Å². The minimum absolute atomic E-state index is 0.117. The lowest BCUT2D eigenvalue weighted by molar-refractivity contribution is 0.102. The summed E-state index contributed by atoms with van der Waals surface area (Å²) in [4.78, 5) is 21.7. The first-order valence-corrected chi connectivity index (χ1v) is 11.8. The number of anilines is 2. The first-order valence-electron chi connectivity index (χ1n) is 9.84. The Bertz CT molecular complexity index is 1470. The van der Waals surface area contributed by atoms with Crippen molar-refractivity contribution in [2.75, 3.05) is 21.9 Å². The number of benzene rings is 2. The number of rotatable bonds is 4. The van der Waals surface area contributed by atoms with E-state index in [1.807, 2.05) is 42.5 Å². The number of carbonyl (C=O) groups is 1. The van der Waals surface area contributed by atoms with Gasteiger partial charge in [-0.05, 0) is 54.6 Å². The van der Waals surface area contributed by atoms with Crippen molar-refractivity contribution in [1.29, 1.82) is 0 Å². The molecule has 1 fully saturated rings. The zero-order valence-corrected chi connectivity index (χ0v) is 18.3. The predicted molar refractivity (Wildman–Crippen MR) is 126 cm³/mol. The molecule has 0 saturated carbocycles. The number of hydrogen-bond acceptors (Lipinski definition) is 5. The summed E-state index contributed by atoms with van der Waals surface area (Å²) in [5, 5.41) is 3.03. The number of nitrogens with one attached hydrogen (secondary N) is 1. The van der Waals surface area contributed by atoms with Crippen LogP contribution >= 0.6 is 11.6 Å². The average Bonchev–Trinajstić information content (AvgIpc) is 2.78. The fourth-order valence-electron chi connectivity index (χ4n) is 3.54. The van der Waals surface area contributed by atoms with Crippen LogP contribution in [0.5, 0.6) is 0 Å². The molecule has 1 aliphatic rings. The molecule has 2 aromatic carbocycles. The summed E-state index contributed by atoms with van der Waals surface area (Å²) in [6, 6.07) is 19.5. The van der Waals surface area contributed by atoms with Crippen molar-refractivity contribution in [3.05, 3.63) is 83.5 Å². The molecule has 32 heavy (non-hydrogen) atoms. The Morgan fingerprint density at radius 2 is 1.88 bits per heavy atom. The van der Waals surface area contributed by atoms with Crippen LogP contribution in [0.4, 0.5) is 11.4 Å². The Kier molecular flexibility index (Phi) is 5.03. The maximum absolute atomic E-state index is 12.8. The summed E-state index contributed by atoms with van der Waals surface area (Å²) in [5.41, 5.74) is 4.51. The summed E-state index contributed by atoms with van der Waals surface area (Å²) >= 11 is 6.29. The number of carbonyl (C=O) groups excluding carboxylic acids is 1. The van der Waals surface area contributed by atoms with E-state index in [-0.39, 0.29) is 22.2 Å². The monoisotopic (exact) mass is 464 g/mol. The second kappa shape index (κ2) is 7.89. The van der Waals surface area contributed by atoms with Crippen LogP contribution in [0.1, 0.15) is 10.4 Å². The van der Waals surface area contributed by atoms with Gasteiger partial charge in [-0.3, -0.25) is 14.1 Å². The fourth-order valence-corrected chi connectivity index (χ4v) is 4.90. The molecule has 5 rings (SSSR count). The maximum atomic E-state index is 12.8. The molecule has 9 heteroatoms. The van der Waals surface area contributed by atoms with Gasteiger partial charge < -0.3 is 5.32 Å². The fraction of sp³-hybridized carbons (Fsp3) is 0.0870. The van der Waals surface area contributed by atoms with Crippen LogP contribution in [0.2, 0.25) is 5.02 Å². The van der Waals surface area contributed by atoms with Gasteiger partial charge in [0.25, 0.3) is 5.91 Å². The van der Waals surface area contributed by atoms with Gasteiger partial charge in [-0.15, -0.1) is 0 Å². The molecule has 0 spiro atoms. The van der Waals surface area contributed by atoms with E-state index in [2.05, 4.69) is 15.3 Å². The van der Waals surface area contributed by atoms with Crippen molar-refractivity contribution in [2.24, 2.45) is 0 Å². The third-order valence-corrected chi connectivity index (χ3v) is 7.32. The molecule has 0 radical (unpaired) electrons. The molecule has 1 aliphatic heterocycles. The summed E-state index contributed by atoms with van der Waals surface area (Å²) < 4.78 is 24.9. The molecule has 0 unspecified atom stereocenters.